The standard InChI is InChI=1S/C27H27N5O4/c1-35-18-11-7-16(8-12-18)22-15-23(17-9-13-19(36-2)14-10-17)32-26(28-22)29-27(30-32)31-24(33)20-5-3-4-6-21(20)25(31)34/h3-4,7-14,20-23H,5-6,15H2,1-2H3,(H,28,29,30)/t20-,21-,22-,23+/m0/s1. The molecule has 1 fully saturated rings. The van der Waals surface area contributed by atoms with Gasteiger partial charge in [-0.2, -0.15) is 4.98 Å². The molecule has 2 aliphatic heterocycles. The van der Waals surface area contributed by atoms with E-state index in [0.717, 1.165) is 22.6 Å². The Morgan fingerprint density at radius 2 is 1.39 bits per heavy atom. The molecule has 9 nitrogen and oxygen atoms in total. The predicted octanol–water partition coefficient (Wildman–Crippen LogP) is 3.90. The maximum Gasteiger partial charge on any atom is 0.260 e. The summed E-state index contributed by atoms with van der Waals surface area (Å²) in [6.45, 7) is 0. The van der Waals surface area contributed by atoms with E-state index in [1.807, 2.05) is 60.7 Å². The number of amides is 2. The average Bonchev–Trinajstić information content (AvgIpc) is 3.46. The first kappa shape index (κ1) is 22.3. The number of hydrogen-bond acceptors (Lipinski definition) is 7. The molecular weight excluding hydrogens is 458 g/mol. The molecule has 4 atom stereocenters. The second kappa shape index (κ2) is 8.82. The van der Waals surface area contributed by atoms with E-state index in [1.165, 1.54) is 4.90 Å². The van der Waals surface area contributed by atoms with Crippen LogP contribution in [0, 0.1) is 11.8 Å². The number of nitrogens with one attached hydrogen (secondary N) is 1. The lowest BCUT2D eigenvalue weighted by Crippen LogP contribution is -2.32. The third-order valence-electron chi connectivity index (χ3n) is 7.40. The molecule has 3 aromatic rings. The van der Waals surface area contributed by atoms with Crippen LogP contribution in [0.25, 0.3) is 0 Å². The number of anilines is 2. The Bertz CT molecular complexity index is 1310. The van der Waals surface area contributed by atoms with Gasteiger partial charge in [-0.1, -0.05) is 36.4 Å². The van der Waals surface area contributed by atoms with Crippen LogP contribution < -0.4 is 19.7 Å². The van der Waals surface area contributed by atoms with Crippen molar-refractivity contribution in [3.63, 3.8) is 0 Å². The van der Waals surface area contributed by atoms with Crippen molar-refractivity contribution in [3.05, 3.63) is 71.8 Å². The van der Waals surface area contributed by atoms with Crippen molar-refractivity contribution in [2.45, 2.75) is 31.3 Å². The Kier molecular flexibility index (Phi) is 5.47. The lowest BCUT2D eigenvalue weighted by Gasteiger charge is -2.31. The Morgan fingerprint density at radius 3 is 1.94 bits per heavy atom. The molecule has 0 spiro atoms. The molecule has 2 amide bonds. The van der Waals surface area contributed by atoms with Gasteiger partial charge in [-0.25, -0.2) is 9.58 Å². The van der Waals surface area contributed by atoms with Gasteiger partial charge in [0.15, 0.2) is 0 Å². The van der Waals surface area contributed by atoms with Crippen molar-refractivity contribution in [2.75, 3.05) is 24.4 Å². The van der Waals surface area contributed by atoms with Gasteiger partial charge >= 0.3 is 0 Å². The third kappa shape index (κ3) is 3.62. The zero-order chi connectivity index (χ0) is 24.8. The summed E-state index contributed by atoms with van der Waals surface area (Å²) >= 11 is 0. The normalized spacial score (nSPS) is 24.8. The van der Waals surface area contributed by atoms with Crippen LogP contribution in [0.2, 0.25) is 0 Å². The molecule has 0 bridgehead atoms. The fourth-order valence-corrected chi connectivity index (χ4v) is 5.42. The highest BCUT2D eigenvalue weighted by Gasteiger charge is 2.50. The Morgan fingerprint density at radius 1 is 0.833 bits per heavy atom. The minimum atomic E-state index is -0.333. The molecular formula is C27H27N5O4. The van der Waals surface area contributed by atoms with E-state index in [4.69, 9.17) is 14.6 Å². The number of ether oxygens (including phenoxy) is 2. The highest BCUT2D eigenvalue weighted by atomic mass is 16.5. The molecule has 3 aliphatic rings. The molecule has 1 aliphatic carbocycles. The van der Waals surface area contributed by atoms with Crippen molar-refractivity contribution in [1.82, 2.24) is 14.8 Å². The van der Waals surface area contributed by atoms with Crippen molar-refractivity contribution in [2.24, 2.45) is 11.8 Å². The minimum Gasteiger partial charge on any atom is -0.497 e. The number of fused-ring (bicyclic) bond motifs is 2. The Balaban J connectivity index is 1.38. The van der Waals surface area contributed by atoms with Crippen LogP contribution in [0.4, 0.5) is 11.9 Å². The number of nitrogens with zero attached hydrogens (tertiary/aromatic N) is 4. The van der Waals surface area contributed by atoms with E-state index in [0.29, 0.717) is 25.2 Å². The van der Waals surface area contributed by atoms with Crippen LogP contribution in [0.15, 0.2) is 60.7 Å². The molecule has 0 radical (unpaired) electrons. The van der Waals surface area contributed by atoms with Gasteiger partial charge in [0, 0.05) is 0 Å². The monoisotopic (exact) mass is 485 g/mol. The van der Waals surface area contributed by atoms with Crippen molar-refractivity contribution in [3.8, 4) is 11.5 Å². The van der Waals surface area contributed by atoms with Crippen molar-refractivity contribution < 1.29 is 19.1 Å². The van der Waals surface area contributed by atoms with E-state index in [2.05, 4.69) is 10.3 Å². The summed E-state index contributed by atoms with van der Waals surface area (Å²) in [5.74, 6) is 1.11. The van der Waals surface area contributed by atoms with Gasteiger partial charge in [-0.15, -0.1) is 5.10 Å². The highest BCUT2D eigenvalue weighted by molar-refractivity contribution is 6.21. The number of methoxy groups -OCH3 is 2. The van der Waals surface area contributed by atoms with Crippen LogP contribution in [0.3, 0.4) is 0 Å². The zero-order valence-electron chi connectivity index (χ0n) is 20.1. The third-order valence-corrected chi connectivity index (χ3v) is 7.40. The number of benzene rings is 2. The molecule has 1 N–H and O–H groups in total. The van der Waals surface area contributed by atoms with Gasteiger partial charge in [0.2, 0.25) is 17.8 Å². The average molecular weight is 486 g/mol. The smallest absolute Gasteiger partial charge is 0.260 e. The first-order valence-electron chi connectivity index (χ1n) is 12.1. The van der Waals surface area contributed by atoms with E-state index < -0.39 is 0 Å². The number of carbonyl (C=O) groups excluding carboxylic acids is 2. The number of rotatable bonds is 5. The first-order chi connectivity index (χ1) is 17.6. The molecule has 9 heteroatoms. The van der Waals surface area contributed by atoms with Crippen LogP contribution in [0.1, 0.15) is 42.5 Å². The second-order valence-electron chi connectivity index (χ2n) is 9.34. The van der Waals surface area contributed by atoms with E-state index in [-0.39, 0.29) is 41.7 Å². The van der Waals surface area contributed by atoms with Crippen LogP contribution >= 0.6 is 0 Å². The number of aromatic nitrogens is 3. The second-order valence-corrected chi connectivity index (χ2v) is 9.34. The quantitative estimate of drug-likeness (QED) is 0.432. The summed E-state index contributed by atoms with van der Waals surface area (Å²) in [4.78, 5) is 32.2. The summed E-state index contributed by atoms with van der Waals surface area (Å²) in [6, 6.07) is 15.6. The van der Waals surface area contributed by atoms with E-state index in [1.54, 1.807) is 18.9 Å². The van der Waals surface area contributed by atoms with Crippen molar-refractivity contribution in [1.29, 1.82) is 0 Å². The maximum atomic E-state index is 13.2. The van der Waals surface area contributed by atoms with Gasteiger partial charge in [-0.3, -0.25) is 9.59 Å². The molecule has 1 aromatic heterocycles. The van der Waals surface area contributed by atoms with Gasteiger partial charge in [-0.05, 0) is 54.7 Å². The molecule has 184 valence electrons. The fraction of sp³-hybridized carbons (Fsp3) is 0.333. The molecule has 2 aromatic carbocycles. The van der Waals surface area contributed by atoms with E-state index in [9.17, 15) is 9.59 Å². The molecule has 6 rings (SSSR count). The molecule has 3 heterocycles. The van der Waals surface area contributed by atoms with Gasteiger partial charge in [0.05, 0.1) is 38.1 Å². The number of hydrogen-bond donors (Lipinski definition) is 1. The predicted molar refractivity (Wildman–Crippen MR) is 133 cm³/mol. The van der Waals surface area contributed by atoms with Crippen LogP contribution in [0.5, 0.6) is 11.5 Å². The van der Waals surface area contributed by atoms with E-state index >= 15 is 0 Å². The summed E-state index contributed by atoms with van der Waals surface area (Å²) in [5.41, 5.74) is 2.11. The SMILES string of the molecule is COc1ccc([C@@H]2C[C@H](c3ccc(OC)cc3)n3nc(N4C(=O)[C@H]5CC=CC[C@@H]5C4=O)nc3N2)cc1. The topological polar surface area (TPSA) is 98.6 Å². The minimum absolute atomic E-state index is 0.0516. The molecule has 0 unspecified atom stereocenters. The maximum absolute atomic E-state index is 13.2. The van der Waals surface area contributed by atoms with Gasteiger partial charge in [0.1, 0.15) is 11.5 Å². The van der Waals surface area contributed by atoms with Gasteiger partial charge in [0.25, 0.3) is 5.95 Å². The highest BCUT2D eigenvalue weighted by Crippen LogP contribution is 2.41. The molecule has 36 heavy (non-hydrogen) atoms. The number of imide groups is 1. The fourth-order valence-electron chi connectivity index (χ4n) is 5.42. The number of allylic oxidation sites excluding steroid dienone is 2. The summed E-state index contributed by atoms with van der Waals surface area (Å²) < 4.78 is 12.4. The van der Waals surface area contributed by atoms with Gasteiger partial charge < -0.3 is 14.8 Å². The largest absolute Gasteiger partial charge is 0.497 e. The van der Waals surface area contributed by atoms with Crippen molar-refractivity contribution >= 4 is 23.7 Å². The Hall–Kier alpha value is -4.14. The van der Waals surface area contributed by atoms with Crippen LogP contribution in [-0.4, -0.2) is 40.8 Å². The first-order valence-corrected chi connectivity index (χ1v) is 12.1. The summed E-state index contributed by atoms with van der Waals surface area (Å²) in [7, 11) is 3.28. The zero-order valence-corrected chi connectivity index (χ0v) is 20.1. The number of carbonyl (C=O) groups is 2. The molecule has 1 saturated heterocycles. The lowest BCUT2D eigenvalue weighted by atomic mass is 9.85. The Labute approximate surface area is 208 Å². The summed E-state index contributed by atoms with van der Waals surface area (Å²) in [5, 5.41) is 8.17. The lowest BCUT2D eigenvalue weighted by molar-refractivity contribution is -0.122. The summed E-state index contributed by atoms with van der Waals surface area (Å²) in [6.07, 6.45) is 5.80. The molecule has 0 saturated carbocycles. The van der Waals surface area contributed by atoms with Crippen LogP contribution in [-0.2, 0) is 9.59 Å².